The van der Waals surface area contributed by atoms with Crippen LogP contribution in [-0.4, -0.2) is 40.1 Å². The quantitative estimate of drug-likeness (QED) is 0.923. The maximum absolute atomic E-state index is 12.9. The van der Waals surface area contributed by atoms with Crippen molar-refractivity contribution in [1.29, 1.82) is 0 Å². The summed E-state index contributed by atoms with van der Waals surface area (Å²) in [6.45, 7) is 3.57. The number of carbonyl (C=O) groups excluding carboxylic acids is 1. The molecule has 0 radical (unpaired) electrons. The summed E-state index contributed by atoms with van der Waals surface area (Å²) in [5, 5.41) is 9.14. The van der Waals surface area contributed by atoms with Gasteiger partial charge in [-0.2, -0.15) is 0 Å². The average Bonchev–Trinajstić information content (AvgIpc) is 2.89. The summed E-state index contributed by atoms with van der Waals surface area (Å²) in [7, 11) is 0. The molecule has 1 aromatic rings. The molecule has 1 aliphatic heterocycles. The summed E-state index contributed by atoms with van der Waals surface area (Å²) in [4.78, 5) is 25.0. The molecule has 114 valence electrons. The summed E-state index contributed by atoms with van der Waals surface area (Å²) in [6.07, 6.45) is 1.11. The van der Waals surface area contributed by atoms with Gasteiger partial charge < -0.3 is 14.7 Å². The Labute approximate surface area is 122 Å². The summed E-state index contributed by atoms with van der Waals surface area (Å²) in [5.41, 5.74) is -1.21. The summed E-state index contributed by atoms with van der Waals surface area (Å²) >= 11 is 0. The van der Waals surface area contributed by atoms with Crippen LogP contribution in [0.5, 0.6) is 5.75 Å². The van der Waals surface area contributed by atoms with Crippen LogP contribution in [0.2, 0.25) is 0 Å². The van der Waals surface area contributed by atoms with Gasteiger partial charge in [0.15, 0.2) is 5.60 Å². The van der Waals surface area contributed by atoms with E-state index in [1.807, 2.05) is 0 Å². The van der Waals surface area contributed by atoms with Gasteiger partial charge in [0, 0.05) is 6.54 Å². The van der Waals surface area contributed by atoms with E-state index < -0.39 is 23.4 Å². The van der Waals surface area contributed by atoms with Gasteiger partial charge in [0.05, 0.1) is 0 Å². The molecule has 5 nitrogen and oxygen atoms in total. The number of benzene rings is 1. The Balaban J connectivity index is 2.12. The number of carbonyl (C=O) groups is 2. The zero-order valence-corrected chi connectivity index (χ0v) is 12.0. The van der Waals surface area contributed by atoms with Crippen LogP contribution >= 0.6 is 0 Å². The zero-order chi connectivity index (χ0) is 15.6. The molecule has 0 aliphatic carbocycles. The van der Waals surface area contributed by atoms with Gasteiger partial charge in [0.1, 0.15) is 17.6 Å². The molecule has 1 aromatic carbocycles. The van der Waals surface area contributed by atoms with Crippen molar-refractivity contribution < 1.29 is 23.8 Å². The molecule has 1 N–H and O–H groups in total. The molecule has 1 atom stereocenters. The van der Waals surface area contributed by atoms with Crippen LogP contribution in [0, 0.1) is 5.82 Å². The van der Waals surface area contributed by atoms with Crippen LogP contribution in [0.4, 0.5) is 4.39 Å². The topological polar surface area (TPSA) is 66.8 Å². The van der Waals surface area contributed by atoms with E-state index in [1.54, 1.807) is 13.8 Å². The molecule has 6 heteroatoms. The molecule has 0 saturated carbocycles. The second-order valence-corrected chi connectivity index (χ2v) is 5.56. The molecule has 2 rings (SSSR count). The predicted octanol–water partition coefficient (Wildman–Crippen LogP) is 2.06. The molecule has 1 amide bonds. The zero-order valence-electron chi connectivity index (χ0n) is 12.0. The third-order valence-corrected chi connectivity index (χ3v) is 3.50. The number of hydrogen-bond donors (Lipinski definition) is 1. The molecule has 21 heavy (non-hydrogen) atoms. The molecule has 1 aliphatic rings. The highest BCUT2D eigenvalue weighted by Gasteiger charge is 2.42. The Kier molecular flexibility index (Phi) is 4.16. The normalized spacial score (nSPS) is 18.6. The van der Waals surface area contributed by atoms with Gasteiger partial charge in [-0.1, -0.05) is 0 Å². The first-order valence-electron chi connectivity index (χ1n) is 6.80. The lowest BCUT2D eigenvalue weighted by atomic mass is 10.1. The first-order chi connectivity index (χ1) is 9.81. The van der Waals surface area contributed by atoms with Crippen molar-refractivity contribution in [3.05, 3.63) is 30.1 Å². The third kappa shape index (κ3) is 3.32. The Morgan fingerprint density at radius 2 is 1.95 bits per heavy atom. The van der Waals surface area contributed by atoms with Gasteiger partial charge in [-0.25, -0.2) is 9.18 Å². The van der Waals surface area contributed by atoms with Crippen molar-refractivity contribution in [2.75, 3.05) is 6.54 Å². The van der Waals surface area contributed by atoms with Crippen LogP contribution in [0.1, 0.15) is 26.7 Å². The van der Waals surface area contributed by atoms with Crippen LogP contribution in [0.15, 0.2) is 24.3 Å². The van der Waals surface area contributed by atoms with Crippen molar-refractivity contribution in [3.63, 3.8) is 0 Å². The van der Waals surface area contributed by atoms with E-state index in [-0.39, 0.29) is 5.91 Å². The van der Waals surface area contributed by atoms with E-state index in [0.29, 0.717) is 25.1 Å². The smallest absolute Gasteiger partial charge is 0.326 e. The Morgan fingerprint density at radius 1 is 1.33 bits per heavy atom. The molecule has 1 fully saturated rings. The molecule has 0 unspecified atom stereocenters. The molecular formula is C15H18FNO4. The van der Waals surface area contributed by atoms with E-state index in [0.717, 1.165) is 0 Å². The average molecular weight is 295 g/mol. The second kappa shape index (κ2) is 5.71. The first kappa shape index (κ1) is 15.3. The molecule has 0 spiro atoms. The predicted molar refractivity (Wildman–Crippen MR) is 73.5 cm³/mol. The minimum absolute atomic E-state index is 0.362. The van der Waals surface area contributed by atoms with Crippen LogP contribution in [0.25, 0.3) is 0 Å². The summed E-state index contributed by atoms with van der Waals surface area (Å²) in [5.74, 6) is -1.41. The van der Waals surface area contributed by atoms with Crippen molar-refractivity contribution in [2.24, 2.45) is 0 Å². The number of amides is 1. The minimum atomic E-state index is -1.21. The van der Waals surface area contributed by atoms with E-state index in [2.05, 4.69) is 0 Å². The molecule has 0 aromatic heterocycles. The van der Waals surface area contributed by atoms with Gasteiger partial charge in [-0.05, 0) is 51.0 Å². The van der Waals surface area contributed by atoms with Crippen LogP contribution < -0.4 is 4.74 Å². The molecular weight excluding hydrogens is 277 g/mol. The Bertz CT molecular complexity index is 541. The van der Waals surface area contributed by atoms with Gasteiger partial charge in [0.25, 0.3) is 5.91 Å². The van der Waals surface area contributed by atoms with Gasteiger partial charge >= 0.3 is 5.97 Å². The lowest BCUT2D eigenvalue weighted by Gasteiger charge is -2.32. The molecule has 1 saturated heterocycles. The highest BCUT2D eigenvalue weighted by molar-refractivity contribution is 5.89. The minimum Gasteiger partial charge on any atom is -0.480 e. The van der Waals surface area contributed by atoms with Crippen molar-refractivity contribution >= 4 is 11.9 Å². The number of hydrogen-bond acceptors (Lipinski definition) is 3. The molecule has 0 bridgehead atoms. The monoisotopic (exact) mass is 295 g/mol. The fourth-order valence-corrected chi connectivity index (χ4v) is 2.45. The standard InChI is InChI=1S/C15H18FNO4/c1-15(2,21-11-7-5-10(16)6-8-11)14(20)17-9-3-4-12(17)13(18)19/h5-8,12H,3-4,9H2,1-2H3,(H,18,19)/t12-/m0/s1. The van der Waals surface area contributed by atoms with Gasteiger partial charge in [0.2, 0.25) is 0 Å². The number of carboxylic acids is 1. The first-order valence-corrected chi connectivity index (χ1v) is 6.80. The number of ether oxygens (including phenoxy) is 1. The van der Waals surface area contributed by atoms with E-state index >= 15 is 0 Å². The Morgan fingerprint density at radius 3 is 2.52 bits per heavy atom. The highest BCUT2D eigenvalue weighted by atomic mass is 19.1. The number of rotatable bonds is 4. The maximum Gasteiger partial charge on any atom is 0.326 e. The molecule has 1 heterocycles. The number of halogens is 1. The summed E-state index contributed by atoms with van der Waals surface area (Å²) in [6, 6.07) is 4.55. The lowest BCUT2D eigenvalue weighted by Crippen LogP contribution is -2.52. The van der Waals surface area contributed by atoms with Crippen LogP contribution in [0.3, 0.4) is 0 Å². The van der Waals surface area contributed by atoms with E-state index in [9.17, 15) is 14.0 Å². The third-order valence-electron chi connectivity index (χ3n) is 3.50. The highest BCUT2D eigenvalue weighted by Crippen LogP contribution is 2.25. The number of likely N-dealkylation sites (tertiary alicyclic amines) is 1. The van der Waals surface area contributed by atoms with Crippen molar-refractivity contribution in [3.8, 4) is 5.75 Å². The van der Waals surface area contributed by atoms with Gasteiger partial charge in [-0.3, -0.25) is 4.79 Å². The van der Waals surface area contributed by atoms with Crippen LogP contribution in [-0.2, 0) is 9.59 Å². The SMILES string of the molecule is CC(C)(Oc1ccc(F)cc1)C(=O)N1CCC[C@H]1C(=O)O. The largest absolute Gasteiger partial charge is 0.480 e. The Hall–Kier alpha value is -2.11. The fraction of sp³-hybridized carbons (Fsp3) is 0.467. The fourth-order valence-electron chi connectivity index (χ4n) is 2.45. The summed E-state index contributed by atoms with van der Waals surface area (Å²) < 4.78 is 18.5. The lowest BCUT2D eigenvalue weighted by molar-refractivity contribution is -0.155. The number of carboxylic acid groups (broad SMARTS) is 1. The van der Waals surface area contributed by atoms with E-state index in [4.69, 9.17) is 9.84 Å². The second-order valence-electron chi connectivity index (χ2n) is 5.56. The van der Waals surface area contributed by atoms with E-state index in [1.165, 1.54) is 29.2 Å². The number of aliphatic carboxylic acids is 1. The van der Waals surface area contributed by atoms with Gasteiger partial charge in [-0.15, -0.1) is 0 Å². The number of nitrogens with zero attached hydrogens (tertiary/aromatic N) is 1. The van der Waals surface area contributed by atoms with Crippen molar-refractivity contribution in [1.82, 2.24) is 4.90 Å². The maximum atomic E-state index is 12.9. The van der Waals surface area contributed by atoms with Crippen molar-refractivity contribution in [2.45, 2.75) is 38.3 Å².